The summed E-state index contributed by atoms with van der Waals surface area (Å²) < 4.78 is 4.80. The van der Waals surface area contributed by atoms with E-state index >= 15 is 0 Å². The number of aliphatic hydroxyl groups is 1. The summed E-state index contributed by atoms with van der Waals surface area (Å²) >= 11 is 0. The van der Waals surface area contributed by atoms with Gasteiger partial charge in [0.25, 0.3) is 5.91 Å². The monoisotopic (exact) mass is 308 g/mol. The average Bonchev–Trinajstić information content (AvgIpc) is 2.42. The first-order valence-electron chi connectivity index (χ1n) is 6.70. The van der Waals surface area contributed by atoms with E-state index in [1.165, 1.54) is 12.1 Å². The van der Waals surface area contributed by atoms with Crippen LogP contribution in [0.3, 0.4) is 0 Å². The zero-order chi connectivity index (χ0) is 16.8. The maximum absolute atomic E-state index is 11.7. The Labute approximate surface area is 128 Å². The predicted octanol–water partition coefficient (Wildman–Crippen LogP) is 0.960. The zero-order valence-electron chi connectivity index (χ0n) is 12.8. The molecule has 120 valence electrons. The first-order chi connectivity index (χ1) is 10.2. The predicted molar refractivity (Wildman–Crippen MR) is 79.1 cm³/mol. The quantitative estimate of drug-likeness (QED) is 0.719. The van der Waals surface area contributed by atoms with E-state index in [1.54, 1.807) is 32.9 Å². The fourth-order valence-corrected chi connectivity index (χ4v) is 1.50. The van der Waals surface area contributed by atoms with Crippen LogP contribution in [0.1, 0.15) is 36.7 Å². The molecule has 1 aromatic rings. The van der Waals surface area contributed by atoms with Gasteiger partial charge in [-0.15, -0.1) is 0 Å². The molecule has 0 saturated carbocycles. The topological polar surface area (TPSA) is 105 Å². The van der Waals surface area contributed by atoms with Crippen molar-refractivity contribution in [1.29, 1.82) is 0 Å². The van der Waals surface area contributed by atoms with E-state index in [-0.39, 0.29) is 12.2 Å². The third-order valence-corrected chi connectivity index (χ3v) is 2.45. The van der Waals surface area contributed by atoms with Gasteiger partial charge in [-0.1, -0.05) is 12.1 Å². The SMILES string of the molecule is CC(C)(C)NC(=O)NC(=O)COC(=O)c1ccc(CO)cc1. The molecule has 1 rings (SSSR count). The molecule has 0 radical (unpaired) electrons. The Morgan fingerprint density at radius 3 is 2.23 bits per heavy atom. The van der Waals surface area contributed by atoms with Gasteiger partial charge < -0.3 is 15.2 Å². The summed E-state index contributed by atoms with van der Waals surface area (Å²) in [5, 5.41) is 13.5. The molecule has 0 bridgehead atoms. The van der Waals surface area contributed by atoms with Gasteiger partial charge in [-0.25, -0.2) is 9.59 Å². The lowest BCUT2D eigenvalue weighted by molar-refractivity contribution is -0.123. The van der Waals surface area contributed by atoms with Gasteiger partial charge in [0.05, 0.1) is 12.2 Å². The van der Waals surface area contributed by atoms with Crippen LogP contribution in [0.15, 0.2) is 24.3 Å². The molecule has 1 aromatic carbocycles. The first kappa shape index (κ1) is 17.6. The van der Waals surface area contributed by atoms with Crippen LogP contribution in [0, 0.1) is 0 Å². The molecule has 0 fully saturated rings. The Bertz CT molecular complexity index is 546. The number of carbonyl (C=O) groups excluding carboxylic acids is 3. The van der Waals surface area contributed by atoms with E-state index in [0.29, 0.717) is 5.56 Å². The molecular weight excluding hydrogens is 288 g/mol. The molecule has 3 N–H and O–H groups in total. The summed E-state index contributed by atoms with van der Waals surface area (Å²) in [7, 11) is 0. The van der Waals surface area contributed by atoms with Crippen LogP contribution < -0.4 is 10.6 Å². The van der Waals surface area contributed by atoms with E-state index in [4.69, 9.17) is 9.84 Å². The third-order valence-electron chi connectivity index (χ3n) is 2.45. The van der Waals surface area contributed by atoms with Crippen molar-refractivity contribution < 1.29 is 24.2 Å². The van der Waals surface area contributed by atoms with Crippen LogP contribution in [-0.2, 0) is 16.1 Å². The largest absolute Gasteiger partial charge is 0.452 e. The number of esters is 1. The third kappa shape index (κ3) is 6.36. The second-order valence-corrected chi connectivity index (χ2v) is 5.68. The molecule has 3 amide bonds. The van der Waals surface area contributed by atoms with Gasteiger partial charge >= 0.3 is 12.0 Å². The van der Waals surface area contributed by atoms with Gasteiger partial charge in [-0.05, 0) is 38.5 Å². The molecule has 0 aliphatic rings. The smallest absolute Gasteiger partial charge is 0.338 e. The van der Waals surface area contributed by atoms with Crippen molar-refractivity contribution in [3.63, 3.8) is 0 Å². The molecular formula is C15H20N2O5. The molecule has 0 aliphatic heterocycles. The summed E-state index contributed by atoms with van der Waals surface area (Å²) in [6.07, 6.45) is 0. The minimum atomic E-state index is -0.720. The van der Waals surface area contributed by atoms with Crippen molar-refractivity contribution in [2.24, 2.45) is 0 Å². The number of rotatable bonds is 4. The highest BCUT2D eigenvalue weighted by Gasteiger charge is 2.16. The van der Waals surface area contributed by atoms with E-state index in [9.17, 15) is 14.4 Å². The van der Waals surface area contributed by atoms with Crippen LogP contribution in [-0.4, -0.2) is 35.2 Å². The fraction of sp³-hybridized carbons (Fsp3) is 0.400. The molecule has 0 spiro atoms. The van der Waals surface area contributed by atoms with Crippen LogP contribution in [0.4, 0.5) is 4.79 Å². The molecule has 7 heteroatoms. The van der Waals surface area contributed by atoms with Crippen molar-refractivity contribution in [2.45, 2.75) is 32.9 Å². The Balaban J connectivity index is 2.43. The molecule has 22 heavy (non-hydrogen) atoms. The van der Waals surface area contributed by atoms with E-state index in [1.807, 2.05) is 0 Å². The normalized spacial score (nSPS) is 10.7. The van der Waals surface area contributed by atoms with Crippen molar-refractivity contribution >= 4 is 17.9 Å². The number of hydrogen-bond acceptors (Lipinski definition) is 5. The second-order valence-electron chi connectivity index (χ2n) is 5.68. The minimum absolute atomic E-state index is 0.124. The Morgan fingerprint density at radius 2 is 1.73 bits per heavy atom. The van der Waals surface area contributed by atoms with Crippen LogP contribution in [0.25, 0.3) is 0 Å². The van der Waals surface area contributed by atoms with E-state index < -0.39 is 30.1 Å². The van der Waals surface area contributed by atoms with Crippen molar-refractivity contribution in [3.05, 3.63) is 35.4 Å². The maximum atomic E-state index is 11.7. The van der Waals surface area contributed by atoms with Gasteiger partial charge in [0.1, 0.15) is 0 Å². The van der Waals surface area contributed by atoms with Crippen molar-refractivity contribution in [3.8, 4) is 0 Å². The molecule has 0 saturated heterocycles. The maximum Gasteiger partial charge on any atom is 0.338 e. The number of imide groups is 1. The lowest BCUT2D eigenvalue weighted by Crippen LogP contribution is -2.49. The summed E-state index contributed by atoms with van der Waals surface area (Å²) in [6.45, 7) is 4.63. The van der Waals surface area contributed by atoms with Gasteiger partial charge in [-0.2, -0.15) is 0 Å². The number of urea groups is 1. The van der Waals surface area contributed by atoms with E-state index in [0.717, 1.165) is 0 Å². The number of amides is 3. The number of hydrogen-bond donors (Lipinski definition) is 3. The lowest BCUT2D eigenvalue weighted by Gasteiger charge is -2.20. The van der Waals surface area contributed by atoms with Crippen LogP contribution in [0.5, 0.6) is 0 Å². The van der Waals surface area contributed by atoms with Crippen molar-refractivity contribution in [2.75, 3.05) is 6.61 Å². The van der Waals surface area contributed by atoms with Gasteiger partial charge in [0, 0.05) is 5.54 Å². The Kier molecular flexibility index (Phi) is 6.06. The highest BCUT2D eigenvalue weighted by Crippen LogP contribution is 2.05. The minimum Gasteiger partial charge on any atom is -0.452 e. The molecule has 0 aliphatic carbocycles. The molecule has 0 atom stereocenters. The number of benzene rings is 1. The van der Waals surface area contributed by atoms with Crippen LogP contribution in [0.2, 0.25) is 0 Å². The number of ether oxygens (including phenoxy) is 1. The fourth-order valence-electron chi connectivity index (χ4n) is 1.50. The summed E-state index contributed by atoms with van der Waals surface area (Å²) in [6, 6.07) is 5.47. The van der Waals surface area contributed by atoms with Gasteiger partial charge in [0.2, 0.25) is 0 Å². The molecule has 0 aromatic heterocycles. The first-order valence-corrected chi connectivity index (χ1v) is 6.70. The van der Waals surface area contributed by atoms with Gasteiger partial charge in [-0.3, -0.25) is 10.1 Å². The second kappa shape index (κ2) is 7.56. The summed E-state index contributed by atoms with van der Waals surface area (Å²) in [5.41, 5.74) is 0.437. The summed E-state index contributed by atoms with van der Waals surface area (Å²) in [4.78, 5) is 34.6. The van der Waals surface area contributed by atoms with Crippen molar-refractivity contribution in [1.82, 2.24) is 10.6 Å². The standard InChI is InChI=1S/C15H20N2O5/c1-15(2,3)17-14(21)16-12(19)9-22-13(20)11-6-4-10(8-18)5-7-11/h4-7,18H,8-9H2,1-3H3,(H2,16,17,19,21). The number of nitrogens with one attached hydrogen (secondary N) is 2. The van der Waals surface area contributed by atoms with E-state index in [2.05, 4.69) is 10.6 Å². The zero-order valence-corrected chi connectivity index (χ0v) is 12.8. The number of aliphatic hydroxyl groups excluding tert-OH is 1. The Hall–Kier alpha value is -2.41. The average molecular weight is 308 g/mol. The molecule has 0 heterocycles. The number of carbonyl (C=O) groups is 3. The highest BCUT2D eigenvalue weighted by molar-refractivity contribution is 5.97. The highest BCUT2D eigenvalue weighted by atomic mass is 16.5. The molecule has 0 unspecified atom stereocenters. The lowest BCUT2D eigenvalue weighted by atomic mass is 10.1. The van der Waals surface area contributed by atoms with Gasteiger partial charge in [0.15, 0.2) is 6.61 Å². The molecule has 7 nitrogen and oxygen atoms in total. The summed E-state index contributed by atoms with van der Waals surface area (Å²) in [5.74, 6) is -1.40. The van der Waals surface area contributed by atoms with Crippen LogP contribution >= 0.6 is 0 Å². The Morgan fingerprint density at radius 1 is 1.14 bits per heavy atom.